The number of nitro groups is 2. The predicted octanol–water partition coefficient (Wildman–Crippen LogP) is 11.4. The summed E-state index contributed by atoms with van der Waals surface area (Å²) in [6, 6.07) is 42.3. The van der Waals surface area contributed by atoms with Gasteiger partial charge in [0.25, 0.3) is 11.4 Å². The molecular weight excluding hydrogens is 919 g/mol. The van der Waals surface area contributed by atoms with Crippen LogP contribution in [-0.4, -0.2) is 54.6 Å². The highest BCUT2D eigenvalue weighted by Gasteiger charge is 2.57. The van der Waals surface area contributed by atoms with Gasteiger partial charge in [-0.3, -0.25) is 20.2 Å². The summed E-state index contributed by atoms with van der Waals surface area (Å²) >= 11 is 0. The van der Waals surface area contributed by atoms with Crippen molar-refractivity contribution in [2.45, 2.75) is 62.6 Å². The molecule has 2 heterocycles. The summed E-state index contributed by atoms with van der Waals surface area (Å²) in [5.74, 6) is 0. The number of aromatic nitrogens is 2. The fraction of sp³-hybridized carbons (Fsp3) is 0.231. The molecule has 0 fully saturated rings. The molecule has 0 aliphatic rings. The van der Waals surface area contributed by atoms with Gasteiger partial charge in [0.2, 0.25) is 0 Å². The minimum absolute atomic E-state index is 0.0977. The number of alkyl halides is 6. The molecule has 4 N–H and O–H groups in total. The molecule has 4 unspecified atom stereocenters. The van der Waals surface area contributed by atoms with Crippen LogP contribution in [0.4, 0.5) is 37.7 Å². The first kappa shape index (κ1) is 50.5. The van der Waals surface area contributed by atoms with Gasteiger partial charge in [0.15, 0.2) is 11.2 Å². The molecule has 70 heavy (non-hydrogen) atoms. The number of hydrogen-bond donors (Lipinski definition) is 4. The van der Waals surface area contributed by atoms with Gasteiger partial charge in [0.05, 0.1) is 20.9 Å². The third kappa shape index (κ3) is 10.9. The van der Waals surface area contributed by atoms with Gasteiger partial charge < -0.3 is 30.0 Å². The van der Waals surface area contributed by atoms with Crippen LogP contribution in [0.1, 0.15) is 59.3 Å². The maximum Gasteiger partial charge on any atom is 0.422 e. The van der Waals surface area contributed by atoms with E-state index in [1.165, 1.54) is 45.8 Å². The fourth-order valence-electron chi connectivity index (χ4n) is 8.29. The SMILES string of the molecule is CC(NCC(O)(c1cn(Cc2ccccc2)c2cc([N+](=O)[O-])ccc12)C(F)(F)F)c1ccccc1.CC(NCC(O)(c1cn(Cc2ccccc2)c2cc([N+](=O)[O-])ccc12)C(F)(F)F)c1ccccc1. The van der Waals surface area contributed by atoms with Crippen molar-refractivity contribution in [2.75, 3.05) is 13.1 Å². The topological polar surface area (TPSA) is 161 Å². The van der Waals surface area contributed by atoms with Gasteiger partial charge in [-0.25, -0.2) is 0 Å². The average molecular weight is 967 g/mol. The largest absolute Gasteiger partial charge is 0.422 e. The summed E-state index contributed by atoms with van der Waals surface area (Å²) in [7, 11) is 0. The van der Waals surface area contributed by atoms with E-state index in [2.05, 4.69) is 10.6 Å². The van der Waals surface area contributed by atoms with E-state index < -0.39 is 58.6 Å². The molecule has 12 nitrogen and oxygen atoms in total. The molecule has 0 spiro atoms. The number of non-ortho nitro benzene ring substituents is 2. The van der Waals surface area contributed by atoms with E-state index >= 15 is 0 Å². The van der Waals surface area contributed by atoms with E-state index in [0.717, 1.165) is 34.4 Å². The van der Waals surface area contributed by atoms with Crippen molar-refractivity contribution in [3.05, 3.63) is 224 Å². The van der Waals surface area contributed by atoms with E-state index in [1.807, 2.05) is 48.5 Å². The van der Waals surface area contributed by atoms with Crippen molar-refractivity contribution >= 4 is 33.2 Å². The first-order chi connectivity index (χ1) is 33.2. The molecule has 8 rings (SSSR count). The molecule has 2 aromatic heterocycles. The van der Waals surface area contributed by atoms with E-state index in [-0.39, 0.29) is 57.4 Å². The lowest BCUT2D eigenvalue weighted by Gasteiger charge is -2.32. The van der Waals surface area contributed by atoms with Crippen LogP contribution in [0.2, 0.25) is 0 Å². The summed E-state index contributed by atoms with van der Waals surface area (Å²) in [5, 5.41) is 50.8. The fourth-order valence-corrected chi connectivity index (χ4v) is 8.29. The van der Waals surface area contributed by atoms with Gasteiger partial charge in [-0.1, -0.05) is 121 Å². The smallest absolute Gasteiger partial charge is 0.375 e. The van der Waals surface area contributed by atoms with Crippen molar-refractivity contribution in [2.24, 2.45) is 0 Å². The lowest BCUT2D eigenvalue weighted by molar-refractivity contribution is -0.384. The number of benzene rings is 6. The van der Waals surface area contributed by atoms with Crippen molar-refractivity contribution in [1.82, 2.24) is 19.8 Å². The Labute approximate surface area is 397 Å². The van der Waals surface area contributed by atoms with Crippen LogP contribution in [0.25, 0.3) is 21.8 Å². The van der Waals surface area contributed by atoms with Crippen molar-refractivity contribution in [1.29, 1.82) is 0 Å². The third-order valence-electron chi connectivity index (χ3n) is 12.3. The zero-order chi connectivity index (χ0) is 50.4. The van der Waals surface area contributed by atoms with Crippen molar-refractivity contribution < 1.29 is 46.4 Å². The minimum atomic E-state index is -5.01. The zero-order valence-electron chi connectivity index (χ0n) is 37.7. The number of hydrogen-bond acceptors (Lipinski definition) is 8. The Morgan fingerprint density at radius 2 is 0.829 bits per heavy atom. The first-order valence-electron chi connectivity index (χ1n) is 22.0. The quantitative estimate of drug-likeness (QED) is 0.0423. The summed E-state index contributed by atoms with van der Waals surface area (Å²) in [5.41, 5.74) is -4.06. The van der Waals surface area contributed by atoms with Gasteiger partial charge in [0, 0.05) is 96.8 Å². The van der Waals surface area contributed by atoms with Gasteiger partial charge in [0.1, 0.15) is 0 Å². The molecule has 0 radical (unpaired) electrons. The lowest BCUT2D eigenvalue weighted by atomic mass is 9.91. The number of rotatable bonds is 16. The minimum Gasteiger partial charge on any atom is -0.375 e. The molecule has 0 amide bonds. The molecular formula is C52H48F6N6O6. The Hall–Kier alpha value is -7.38. The van der Waals surface area contributed by atoms with Crippen molar-refractivity contribution in [3.63, 3.8) is 0 Å². The van der Waals surface area contributed by atoms with Gasteiger partial charge in [-0.15, -0.1) is 0 Å². The Bertz CT molecular complexity index is 2850. The van der Waals surface area contributed by atoms with E-state index in [4.69, 9.17) is 0 Å². The number of aliphatic hydroxyl groups is 2. The Kier molecular flexibility index (Phi) is 14.9. The van der Waals surface area contributed by atoms with E-state index in [9.17, 15) is 56.8 Å². The molecule has 0 aliphatic carbocycles. The molecule has 364 valence electrons. The molecule has 6 aromatic carbocycles. The van der Waals surface area contributed by atoms with Crippen LogP contribution in [0.15, 0.2) is 170 Å². The van der Waals surface area contributed by atoms with Crippen LogP contribution >= 0.6 is 0 Å². The summed E-state index contributed by atoms with van der Waals surface area (Å²) < 4.78 is 89.5. The lowest BCUT2D eigenvalue weighted by Crippen LogP contribution is -2.50. The van der Waals surface area contributed by atoms with Crippen molar-refractivity contribution in [3.8, 4) is 0 Å². The molecule has 18 heteroatoms. The number of nitrogens with zero attached hydrogens (tertiary/aromatic N) is 4. The highest BCUT2D eigenvalue weighted by Crippen LogP contribution is 2.45. The first-order valence-corrected chi connectivity index (χ1v) is 22.0. The maximum absolute atomic E-state index is 14.4. The average Bonchev–Trinajstić information content (AvgIpc) is 3.90. The molecule has 0 aliphatic heterocycles. The van der Waals surface area contributed by atoms with Gasteiger partial charge in [-0.05, 0) is 48.2 Å². The number of nitrogens with one attached hydrogen (secondary N) is 2. The van der Waals surface area contributed by atoms with E-state index in [0.29, 0.717) is 0 Å². The molecule has 4 atom stereocenters. The third-order valence-corrected chi connectivity index (χ3v) is 12.3. The van der Waals surface area contributed by atoms with E-state index in [1.54, 1.807) is 86.6 Å². The van der Waals surface area contributed by atoms with Crippen LogP contribution in [0.3, 0.4) is 0 Å². The van der Waals surface area contributed by atoms with Crippen LogP contribution < -0.4 is 10.6 Å². The second kappa shape index (κ2) is 20.7. The summed E-state index contributed by atoms with van der Waals surface area (Å²) in [6.45, 7) is 2.20. The second-order valence-electron chi connectivity index (χ2n) is 17.0. The highest BCUT2D eigenvalue weighted by molar-refractivity contribution is 5.88. The van der Waals surface area contributed by atoms with Crippen LogP contribution in [-0.2, 0) is 24.3 Å². The van der Waals surface area contributed by atoms with Gasteiger partial charge >= 0.3 is 12.4 Å². The van der Waals surface area contributed by atoms with Crippen LogP contribution in [0.5, 0.6) is 0 Å². The highest BCUT2D eigenvalue weighted by atomic mass is 19.4. The molecule has 0 saturated heterocycles. The Morgan fingerprint density at radius 3 is 1.13 bits per heavy atom. The Balaban J connectivity index is 0.000000206. The monoisotopic (exact) mass is 966 g/mol. The molecule has 0 bridgehead atoms. The summed E-state index contributed by atoms with van der Waals surface area (Å²) in [4.78, 5) is 21.5. The Morgan fingerprint density at radius 1 is 0.514 bits per heavy atom. The normalized spacial score (nSPS) is 14.5. The van der Waals surface area contributed by atoms with Crippen LogP contribution in [0, 0.1) is 20.2 Å². The second-order valence-corrected chi connectivity index (χ2v) is 17.0. The molecule has 0 saturated carbocycles. The standard InChI is InChI=1S/2C26H24F3N3O3/c2*1-18(20-10-6-3-7-11-20)30-17-25(33,26(27,28)29)23-16-31(15-19-8-4-2-5-9-19)24-14-21(32(34)35)12-13-22(23)24/h2*2-14,16,18,30,33H,15,17H2,1H3. The predicted molar refractivity (Wildman–Crippen MR) is 254 cm³/mol. The number of nitro benzene ring substituents is 2. The summed E-state index contributed by atoms with van der Waals surface area (Å²) in [6.07, 6.45) is -7.54. The molecule has 8 aromatic rings. The number of halogens is 6. The number of fused-ring (bicyclic) bond motifs is 2. The maximum atomic E-state index is 14.4. The van der Waals surface area contributed by atoms with Gasteiger partial charge in [-0.2, -0.15) is 26.3 Å². The zero-order valence-corrected chi connectivity index (χ0v) is 37.7.